The van der Waals surface area contributed by atoms with Crippen LogP contribution in [-0.4, -0.2) is 71.8 Å². The summed E-state index contributed by atoms with van der Waals surface area (Å²) >= 11 is 0. The maximum absolute atomic E-state index is 12.1. The number of ether oxygens (including phenoxy) is 1. The number of hydrogen-bond donors (Lipinski definition) is 2. The number of nitrogens with one attached hydrogen (secondary N) is 2. The smallest absolute Gasteiger partial charge is 0.326 e. The monoisotopic (exact) mass is 404 g/mol. The summed E-state index contributed by atoms with van der Waals surface area (Å²) in [7, 11) is 1.39. The van der Waals surface area contributed by atoms with E-state index in [1.165, 1.54) is 20.9 Å². The first kappa shape index (κ1) is 21.9. The quantitative estimate of drug-likeness (QED) is 0.496. The summed E-state index contributed by atoms with van der Waals surface area (Å²) in [6.45, 7) is 3.51. The number of rotatable bonds is 7. The highest BCUT2D eigenvalue weighted by molar-refractivity contribution is 6.08. The topological polar surface area (TPSA) is 125 Å². The van der Waals surface area contributed by atoms with Gasteiger partial charge in [-0.15, -0.1) is 0 Å². The molecule has 0 spiro atoms. The summed E-state index contributed by atoms with van der Waals surface area (Å²) in [5, 5.41) is 5.09. The van der Waals surface area contributed by atoms with Crippen molar-refractivity contribution < 1.29 is 28.7 Å². The Morgan fingerprint density at radius 2 is 1.79 bits per heavy atom. The molecule has 1 aliphatic heterocycles. The molecule has 0 radical (unpaired) electrons. The molecule has 1 aromatic rings. The van der Waals surface area contributed by atoms with Gasteiger partial charge in [-0.25, -0.2) is 4.79 Å². The van der Waals surface area contributed by atoms with Gasteiger partial charge in [-0.3, -0.25) is 24.1 Å². The van der Waals surface area contributed by atoms with Crippen molar-refractivity contribution >= 4 is 35.4 Å². The van der Waals surface area contributed by atoms with Crippen LogP contribution in [0.15, 0.2) is 24.3 Å². The van der Waals surface area contributed by atoms with Gasteiger partial charge in [-0.2, -0.15) is 0 Å². The van der Waals surface area contributed by atoms with E-state index < -0.39 is 48.4 Å². The minimum Gasteiger partial charge on any atom is -0.454 e. The third-order valence-electron chi connectivity index (χ3n) is 4.23. The standard InChI is InChI=1S/C19H24N4O6/c1-12-5-7-13(8-6-12)20-14(24)9-22(4)15(25)11-29-16(26)10-23-17(27)19(2,3)21-18(23)28/h5-8H,9-11H2,1-4H3,(H,20,24)(H,21,28). The van der Waals surface area contributed by atoms with Gasteiger partial charge in [0.25, 0.3) is 11.8 Å². The summed E-state index contributed by atoms with van der Waals surface area (Å²) in [4.78, 5) is 61.5. The van der Waals surface area contributed by atoms with Crippen LogP contribution in [0, 0.1) is 6.92 Å². The lowest BCUT2D eigenvalue weighted by Crippen LogP contribution is -2.42. The second kappa shape index (κ2) is 8.72. The van der Waals surface area contributed by atoms with Gasteiger partial charge in [0.2, 0.25) is 5.91 Å². The van der Waals surface area contributed by atoms with E-state index in [1.54, 1.807) is 12.1 Å². The van der Waals surface area contributed by atoms with E-state index in [-0.39, 0.29) is 6.54 Å². The molecule has 1 fully saturated rings. The number of benzene rings is 1. The van der Waals surface area contributed by atoms with Crippen LogP contribution in [0.2, 0.25) is 0 Å². The van der Waals surface area contributed by atoms with Gasteiger partial charge < -0.3 is 20.3 Å². The molecule has 1 saturated heterocycles. The van der Waals surface area contributed by atoms with Crippen molar-refractivity contribution in [2.75, 3.05) is 32.1 Å². The highest BCUT2D eigenvalue weighted by Gasteiger charge is 2.45. The fourth-order valence-corrected chi connectivity index (χ4v) is 2.53. The highest BCUT2D eigenvalue weighted by Crippen LogP contribution is 2.16. The molecule has 156 valence electrons. The van der Waals surface area contributed by atoms with Crippen molar-refractivity contribution in [1.29, 1.82) is 0 Å². The molecule has 1 aliphatic rings. The summed E-state index contributed by atoms with van der Waals surface area (Å²) in [6.07, 6.45) is 0. The fourth-order valence-electron chi connectivity index (χ4n) is 2.53. The van der Waals surface area contributed by atoms with Crippen molar-refractivity contribution in [3.8, 4) is 0 Å². The van der Waals surface area contributed by atoms with E-state index in [9.17, 15) is 24.0 Å². The van der Waals surface area contributed by atoms with Gasteiger partial charge in [-0.1, -0.05) is 17.7 Å². The van der Waals surface area contributed by atoms with Crippen molar-refractivity contribution in [3.05, 3.63) is 29.8 Å². The number of hydrogen-bond acceptors (Lipinski definition) is 6. The van der Waals surface area contributed by atoms with Crippen LogP contribution in [0.4, 0.5) is 10.5 Å². The number of nitrogens with zero attached hydrogens (tertiary/aromatic N) is 2. The third kappa shape index (κ3) is 5.77. The Hall–Kier alpha value is -3.43. The minimum atomic E-state index is -1.10. The van der Waals surface area contributed by atoms with Crippen LogP contribution >= 0.6 is 0 Å². The molecule has 10 nitrogen and oxygen atoms in total. The van der Waals surface area contributed by atoms with E-state index in [1.807, 2.05) is 19.1 Å². The summed E-state index contributed by atoms with van der Waals surface area (Å²) in [6, 6.07) is 6.47. The number of anilines is 1. The molecule has 0 aliphatic carbocycles. The van der Waals surface area contributed by atoms with Crippen LogP contribution in [0.25, 0.3) is 0 Å². The predicted molar refractivity (Wildman–Crippen MR) is 103 cm³/mol. The molecule has 5 amide bonds. The van der Waals surface area contributed by atoms with Crippen molar-refractivity contribution in [2.45, 2.75) is 26.3 Å². The Labute approximate surface area is 168 Å². The first-order chi connectivity index (χ1) is 13.5. The summed E-state index contributed by atoms with van der Waals surface area (Å²) < 4.78 is 4.83. The second-order valence-corrected chi connectivity index (χ2v) is 7.27. The second-order valence-electron chi connectivity index (χ2n) is 7.27. The number of aryl methyl sites for hydroxylation is 1. The summed E-state index contributed by atoms with van der Waals surface area (Å²) in [5.41, 5.74) is 0.552. The fraction of sp³-hybridized carbons (Fsp3) is 0.421. The average Bonchev–Trinajstić information content (AvgIpc) is 2.83. The number of likely N-dealkylation sites (N-methyl/N-ethyl adjacent to an activating group) is 1. The third-order valence-corrected chi connectivity index (χ3v) is 4.23. The molecule has 2 rings (SSSR count). The first-order valence-electron chi connectivity index (χ1n) is 8.90. The molecule has 29 heavy (non-hydrogen) atoms. The van der Waals surface area contributed by atoms with Crippen LogP contribution in [0.3, 0.4) is 0 Å². The Morgan fingerprint density at radius 3 is 2.34 bits per heavy atom. The zero-order chi connectivity index (χ0) is 21.8. The lowest BCUT2D eigenvalue weighted by molar-refractivity contribution is -0.153. The Bertz CT molecular complexity index is 834. The number of esters is 1. The van der Waals surface area contributed by atoms with E-state index in [2.05, 4.69) is 10.6 Å². The van der Waals surface area contributed by atoms with Gasteiger partial charge in [0.05, 0.1) is 6.54 Å². The minimum absolute atomic E-state index is 0.231. The zero-order valence-corrected chi connectivity index (χ0v) is 16.8. The van der Waals surface area contributed by atoms with Gasteiger partial charge >= 0.3 is 12.0 Å². The number of amides is 5. The normalized spacial score (nSPS) is 15.0. The Morgan fingerprint density at radius 1 is 1.17 bits per heavy atom. The van der Waals surface area contributed by atoms with Crippen LogP contribution in [-0.2, 0) is 23.9 Å². The average molecular weight is 404 g/mol. The Kier molecular flexibility index (Phi) is 6.57. The number of carbonyl (C=O) groups excluding carboxylic acids is 5. The molecule has 10 heteroatoms. The summed E-state index contributed by atoms with van der Waals surface area (Å²) in [5.74, 6) is -2.47. The maximum atomic E-state index is 12.1. The predicted octanol–water partition coefficient (Wildman–Crippen LogP) is 0.266. The Balaban J connectivity index is 1.77. The number of imide groups is 1. The van der Waals surface area contributed by atoms with Gasteiger partial charge in [-0.05, 0) is 32.9 Å². The van der Waals surface area contributed by atoms with Crippen LogP contribution in [0.1, 0.15) is 19.4 Å². The van der Waals surface area contributed by atoms with Crippen molar-refractivity contribution in [1.82, 2.24) is 15.1 Å². The lowest BCUT2D eigenvalue weighted by atomic mass is 10.1. The largest absolute Gasteiger partial charge is 0.454 e. The van der Waals surface area contributed by atoms with Crippen molar-refractivity contribution in [3.63, 3.8) is 0 Å². The van der Waals surface area contributed by atoms with Gasteiger partial charge in [0.1, 0.15) is 12.1 Å². The van der Waals surface area contributed by atoms with E-state index >= 15 is 0 Å². The van der Waals surface area contributed by atoms with E-state index in [0.29, 0.717) is 5.69 Å². The van der Waals surface area contributed by atoms with Gasteiger partial charge in [0.15, 0.2) is 6.61 Å². The SMILES string of the molecule is Cc1ccc(NC(=O)CN(C)C(=O)COC(=O)CN2C(=O)NC(C)(C)C2=O)cc1. The van der Waals surface area contributed by atoms with Crippen LogP contribution in [0.5, 0.6) is 0 Å². The van der Waals surface area contributed by atoms with E-state index in [4.69, 9.17) is 4.74 Å². The molecular weight excluding hydrogens is 380 g/mol. The molecule has 0 aromatic heterocycles. The lowest BCUT2D eigenvalue weighted by Gasteiger charge is -2.18. The molecule has 2 N–H and O–H groups in total. The molecule has 0 bridgehead atoms. The van der Waals surface area contributed by atoms with Crippen molar-refractivity contribution in [2.24, 2.45) is 0 Å². The zero-order valence-electron chi connectivity index (χ0n) is 16.8. The number of urea groups is 1. The van der Waals surface area contributed by atoms with Crippen LogP contribution < -0.4 is 10.6 Å². The molecule has 0 atom stereocenters. The van der Waals surface area contributed by atoms with Gasteiger partial charge in [0, 0.05) is 12.7 Å². The van der Waals surface area contributed by atoms with E-state index in [0.717, 1.165) is 15.4 Å². The highest BCUT2D eigenvalue weighted by atomic mass is 16.5. The molecule has 1 aromatic carbocycles. The molecule has 0 saturated carbocycles. The molecule has 1 heterocycles. The molecule has 0 unspecified atom stereocenters. The molecular formula is C19H24N4O6. The number of carbonyl (C=O) groups is 5. The first-order valence-corrected chi connectivity index (χ1v) is 8.90. The maximum Gasteiger partial charge on any atom is 0.326 e.